The van der Waals surface area contributed by atoms with Crippen LogP contribution in [0.5, 0.6) is 11.5 Å². The van der Waals surface area contributed by atoms with Crippen molar-refractivity contribution in [3.8, 4) is 11.5 Å². The third kappa shape index (κ3) is 5.15. The van der Waals surface area contributed by atoms with E-state index in [1.54, 1.807) is 20.3 Å². The normalized spacial score (nSPS) is 17.9. The number of alkyl halides is 3. The molecule has 0 amide bonds. The Morgan fingerprint density at radius 1 is 1.10 bits per heavy atom. The number of nitrogens with one attached hydrogen (secondary N) is 1. The van der Waals surface area contributed by atoms with E-state index in [0.29, 0.717) is 30.2 Å². The summed E-state index contributed by atoms with van der Waals surface area (Å²) >= 11 is 5.78. The van der Waals surface area contributed by atoms with Crippen molar-refractivity contribution in [2.75, 3.05) is 40.4 Å². The lowest BCUT2D eigenvalue weighted by Crippen LogP contribution is -2.46. The number of ether oxygens (including phenoxy) is 2. The van der Waals surface area contributed by atoms with Gasteiger partial charge in [0.1, 0.15) is 0 Å². The predicted molar refractivity (Wildman–Crippen MR) is 107 cm³/mol. The van der Waals surface area contributed by atoms with Crippen LogP contribution in [0.3, 0.4) is 0 Å². The molecule has 4 nitrogen and oxygen atoms in total. The largest absolute Gasteiger partial charge is 0.493 e. The number of halogens is 4. The van der Waals surface area contributed by atoms with E-state index < -0.39 is 11.7 Å². The van der Waals surface area contributed by atoms with Gasteiger partial charge in [-0.2, -0.15) is 13.2 Å². The Hall–Kier alpha value is -1.96. The van der Waals surface area contributed by atoms with E-state index in [9.17, 15) is 13.2 Å². The first kappa shape index (κ1) is 21.7. The van der Waals surface area contributed by atoms with Crippen molar-refractivity contribution in [1.82, 2.24) is 10.2 Å². The van der Waals surface area contributed by atoms with Crippen LogP contribution in [0.1, 0.15) is 22.7 Å². The highest BCUT2D eigenvalue weighted by atomic mass is 35.5. The molecule has 29 heavy (non-hydrogen) atoms. The summed E-state index contributed by atoms with van der Waals surface area (Å²) in [6.45, 7) is 2.85. The molecule has 2 aromatic carbocycles. The lowest BCUT2D eigenvalue weighted by atomic mass is 9.99. The van der Waals surface area contributed by atoms with Crippen LogP contribution in [-0.2, 0) is 12.6 Å². The summed E-state index contributed by atoms with van der Waals surface area (Å²) in [5.41, 5.74) is 0.898. The molecule has 3 rings (SSSR count). The van der Waals surface area contributed by atoms with Gasteiger partial charge in [0.15, 0.2) is 11.5 Å². The van der Waals surface area contributed by atoms with Gasteiger partial charge >= 0.3 is 6.18 Å². The molecule has 0 aliphatic carbocycles. The first-order chi connectivity index (χ1) is 13.8. The minimum Gasteiger partial charge on any atom is -0.493 e. The van der Waals surface area contributed by atoms with Gasteiger partial charge in [-0.1, -0.05) is 23.7 Å². The second-order valence-electron chi connectivity index (χ2n) is 6.93. The molecule has 1 fully saturated rings. The molecule has 2 aromatic rings. The maximum Gasteiger partial charge on any atom is 0.417 e. The molecule has 0 unspecified atom stereocenters. The van der Waals surface area contributed by atoms with E-state index in [4.69, 9.17) is 21.1 Å². The van der Waals surface area contributed by atoms with Crippen LogP contribution in [0.25, 0.3) is 0 Å². The van der Waals surface area contributed by atoms with Gasteiger partial charge in [0.05, 0.1) is 24.8 Å². The summed E-state index contributed by atoms with van der Waals surface area (Å²) in [7, 11) is 3.18. The third-order valence-corrected chi connectivity index (χ3v) is 5.50. The molecule has 0 radical (unpaired) electrons. The summed E-state index contributed by atoms with van der Waals surface area (Å²) in [6, 6.07) is 9.80. The topological polar surface area (TPSA) is 33.7 Å². The number of hydrogen-bond donors (Lipinski definition) is 1. The van der Waals surface area contributed by atoms with Crippen LogP contribution in [0.4, 0.5) is 13.2 Å². The van der Waals surface area contributed by atoms with E-state index in [1.807, 2.05) is 18.2 Å². The van der Waals surface area contributed by atoms with Crippen molar-refractivity contribution in [3.63, 3.8) is 0 Å². The standard InChI is InChI=1S/C21H24ClF3N2O2/c1-28-19-6-3-14(11-20(19)29-2)7-9-27-10-8-26-13-18(27)15-4-5-17(22)16(12-15)21(23,24)25/h3-6,11-12,18,26H,7-10,13H2,1-2H3/t18-/m1/s1. The molecule has 0 aromatic heterocycles. The maximum absolute atomic E-state index is 13.3. The van der Waals surface area contributed by atoms with Gasteiger partial charge < -0.3 is 14.8 Å². The molecule has 0 saturated carbocycles. The van der Waals surface area contributed by atoms with Gasteiger partial charge in [-0.25, -0.2) is 0 Å². The van der Waals surface area contributed by atoms with Gasteiger partial charge in [-0.3, -0.25) is 4.90 Å². The second kappa shape index (κ2) is 9.24. The average Bonchev–Trinajstić information content (AvgIpc) is 2.71. The molecule has 0 bridgehead atoms. The fraction of sp³-hybridized carbons (Fsp3) is 0.429. The molecule has 0 spiro atoms. The highest BCUT2D eigenvalue weighted by Gasteiger charge is 2.34. The number of piperazine rings is 1. The van der Waals surface area contributed by atoms with Crippen LogP contribution in [0.15, 0.2) is 36.4 Å². The Morgan fingerprint density at radius 3 is 2.55 bits per heavy atom. The fourth-order valence-electron chi connectivity index (χ4n) is 3.62. The number of hydrogen-bond acceptors (Lipinski definition) is 4. The Labute approximate surface area is 173 Å². The number of benzene rings is 2. The molecule has 1 N–H and O–H groups in total. The van der Waals surface area contributed by atoms with Crippen molar-refractivity contribution in [2.45, 2.75) is 18.6 Å². The van der Waals surface area contributed by atoms with E-state index >= 15 is 0 Å². The molecule has 1 aliphatic heterocycles. The van der Waals surface area contributed by atoms with Crippen molar-refractivity contribution in [2.24, 2.45) is 0 Å². The summed E-state index contributed by atoms with van der Waals surface area (Å²) in [6.07, 6.45) is -3.73. The first-order valence-electron chi connectivity index (χ1n) is 9.35. The molecule has 8 heteroatoms. The van der Waals surface area contributed by atoms with Gasteiger partial charge in [0, 0.05) is 32.2 Å². The Balaban J connectivity index is 1.77. The van der Waals surface area contributed by atoms with Crippen LogP contribution >= 0.6 is 11.6 Å². The Morgan fingerprint density at radius 2 is 1.86 bits per heavy atom. The monoisotopic (exact) mass is 428 g/mol. The van der Waals surface area contributed by atoms with Crippen LogP contribution < -0.4 is 14.8 Å². The lowest BCUT2D eigenvalue weighted by Gasteiger charge is -2.37. The Kier molecular flexibility index (Phi) is 6.93. The van der Waals surface area contributed by atoms with E-state index in [2.05, 4.69) is 10.2 Å². The zero-order valence-corrected chi connectivity index (χ0v) is 17.1. The quantitative estimate of drug-likeness (QED) is 0.731. The lowest BCUT2D eigenvalue weighted by molar-refractivity contribution is -0.137. The van der Waals surface area contributed by atoms with Gasteiger partial charge in [0.2, 0.25) is 0 Å². The molecule has 1 atom stereocenters. The van der Waals surface area contributed by atoms with Gasteiger partial charge in [-0.05, 0) is 41.8 Å². The second-order valence-corrected chi connectivity index (χ2v) is 7.34. The third-order valence-electron chi connectivity index (χ3n) is 5.17. The molecule has 158 valence electrons. The van der Waals surface area contributed by atoms with E-state index in [1.165, 1.54) is 12.1 Å². The van der Waals surface area contributed by atoms with E-state index in [-0.39, 0.29) is 11.1 Å². The summed E-state index contributed by atoms with van der Waals surface area (Å²) in [5, 5.41) is 3.00. The summed E-state index contributed by atoms with van der Waals surface area (Å²) < 4.78 is 50.4. The molecular formula is C21H24ClF3N2O2. The van der Waals surface area contributed by atoms with Gasteiger partial charge in [-0.15, -0.1) is 0 Å². The Bertz CT molecular complexity index is 845. The molecule has 1 heterocycles. The highest BCUT2D eigenvalue weighted by molar-refractivity contribution is 6.31. The summed E-state index contributed by atoms with van der Waals surface area (Å²) in [4.78, 5) is 2.20. The minimum atomic E-state index is -4.47. The average molecular weight is 429 g/mol. The summed E-state index contributed by atoms with van der Waals surface area (Å²) in [5.74, 6) is 1.33. The predicted octanol–water partition coefficient (Wildman–Crippen LogP) is 4.57. The zero-order chi connectivity index (χ0) is 21.0. The highest BCUT2D eigenvalue weighted by Crippen LogP contribution is 2.37. The van der Waals surface area contributed by atoms with Crippen molar-refractivity contribution in [1.29, 1.82) is 0 Å². The molecule has 1 aliphatic rings. The maximum atomic E-state index is 13.3. The number of nitrogens with zero attached hydrogens (tertiary/aromatic N) is 1. The van der Waals surface area contributed by atoms with Crippen molar-refractivity contribution >= 4 is 11.6 Å². The smallest absolute Gasteiger partial charge is 0.417 e. The number of methoxy groups -OCH3 is 2. The van der Waals surface area contributed by atoms with Crippen LogP contribution in [0, 0.1) is 0 Å². The van der Waals surface area contributed by atoms with Crippen molar-refractivity contribution in [3.05, 3.63) is 58.1 Å². The first-order valence-corrected chi connectivity index (χ1v) is 9.73. The van der Waals surface area contributed by atoms with Gasteiger partial charge in [0.25, 0.3) is 0 Å². The molecular weight excluding hydrogens is 405 g/mol. The van der Waals surface area contributed by atoms with E-state index in [0.717, 1.165) is 25.1 Å². The minimum absolute atomic E-state index is 0.151. The number of rotatable bonds is 6. The zero-order valence-electron chi connectivity index (χ0n) is 16.4. The van der Waals surface area contributed by atoms with Crippen molar-refractivity contribution < 1.29 is 22.6 Å². The SMILES string of the molecule is COc1ccc(CCN2CCNC[C@@H]2c2ccc(Cl)c(C(F)(F)F)c2)cc1OC. The van der Waals surface area contributed by atoms with Crippen LogP contribution in [0.2, 0.25) is 5.02 Å². The van der Waals surface area contributed by atoms with Crippen LogP contribution in [-0.4, -0.2) is 45.3 Å². The fourth-order valence-corrected chi connectivity index (χ4v) is 3.84. The molecule has 1 saturated heterocycles.